The zero-order valence-corrected chi connectivity index (χ0v) is 16.8. The second kappa shape index (κ2) is 8.39. The van der Waals surface area contributed by atoms with E-state index in [9.17, 15) is 9.90 Å². The third-order valence-corrected chi connectivity index (χ3v) is 6.82. The Morgan fingerprint density at radius 3 is 2.61 bits per heavy atom. The first-order valence-corrected chi connectivity index (χ1v) is 10.7. The van der Waals surface area contributed by atoms with Gasteiger partial charge >= 0.3 is 6.03 Å². The lowest BCUT2D eigenvalue weighted by Crippen LogP contribution is -2.85. The molecular formula is C22H33N3O3. The molecule has 3 heterocycles. The molecule has 28 heavy (non-hydrogen) atoms. The summed E-state index contributed by atoms with van der Waals surface area (Å²) in [6.45, 7) is 7.08. The molecule has 0 unspecified atom stereocenters. The third-order valence-electron chi connectivity index (χ3n) is 6.82. The predicted molar refractivity (Wildman–Crippen MR) is 108 cm³/mol. The SMILES string of the molecule is CCCNC(=O)N1CC2(C1)[C@@H](c1ccccc1)[C@H](CO)N2CC1CCOCC1. The highest BCUT2D eigenvalue weighted by Crippen LogP contribution is 2.54. The third kappa shape index (κ3) is 3.42. The Morgan fingerprint density at radius 1 is 1.25 bits per heavy atom. The van der Waals surface area contributed by atoms with E-state index in [1.165, 1.54) is 5.56 Å². The van der Waals surface area contributed by atoms with Crippen LogP contribution in [0.2, 0.25) is 0 Å². The van der Waals surface area contributed by atoms with Crippen molar-refractivity contribution in [3.63, 3.8) is 0 Å². The van der Waals surface area contributed by atoms with Crippen molar-refractivity contribution in [3.8, 4) is 0 Å². The molecule has 0 saturated carbocycles. The first-order chi connectivity index (χ1) is 13.7. The van der Waals surface area contributed by atoms with E-state index in [0.717, 1.165) is 58.7 Å². The summed E-state index contributed by atoms with van der Waals surface area (Å²) < 4.78 is 5.53. The van der Waals surface area contributed by atoms with Crippen molar-refractivity contribution >= 4 is 6.03 Å². The minimum absolute atomic E-state index is 0.0396. The molecule has 0 bridgehead atoms. The number of likely N-dealkylation sites (tertiary alicyclic amines) is 2. The van der Waals surface area contributed by atoms with Crippen molar-refractivity contribution in [3.05, 3.63) is 35.9 Å². The highest BCUT2D eigenvalue weighted by atomic mass is 16.5. The van der Waals surface area contributed by atoms with E-state index in [1.54, 1.807) is 0 Å². The van der Waals surface area contributed by atoms with Crippen molar-refractivity contribution in [2.24, 2.45) is 5.92 Å². The summed E-state index contributed by atoms with van der Waals surface area (Å²) in [7, 11) is 0. The molecule has 3 aliphatic rings. The van der Waals surface area contributed by atoms with E-state index in [2.05, 4.69) is 41.4 Å². The number of urea groups is 1. The number of carbonyl (C=O) groups excluding carboxylic acids is 1. The lowest BCUT2D eigenvalue weighted by Gasteiger charge is -2.71. The Hall–Kier alpha value is -1.63. The molecule has 0 radical (unpaired) electrons. The molecule has 0 aliphatic carbocycles. The molecule has 154 valence electrons. The van der Waals surface area contributed by atoms with E-state index in [-0.39, 0.29) is 30.1 Å². The molecule has 2 N–H and O–H groups in total. The number of nitrogens with one attached hydrogen (secondary N) is 1. The summed E-state index contributed by atoms with van der Waals surface area (Å²) in [4.78, 5) is 16.9. The van der Waals surface area contributed by atoms with Gasteiger partial charge in [0.25, 0.3) is 0 Å². The molecule has 1 aromatic rings. The van der Waals surface area contributed by atoms with Crippen LogP contribution in [-0.4, -0.2) is 78.5 Å². The number of ether oxygens (including phenoxy) is 1. The second-order valence-corrected chi connectivity index (χ2v) is 8.54. The molecule has 2 atom stereocenters. The zero-order valence-electron chi connectivity index (χ0n) is 16.8. The Bertz CT molecular complexity index is 656. The van der Waals surface area contributed by atoms with Crippen molar-refractivity contribution < 1.29 is 14.6 Å². The van der Waals surface area contributed by atoms with E-state index in [4.69, 9.17) is 4.74 Å². The Kier molecular flexibility index (Phi) is 5.90. The molecule has 2 amide bonds. The highest BCUT2D eigenvalue weighted by Gasteiger charge is 2.66. The fourth-order valence-corrected chi connectivity index (χ4v) is 5.37. The average Bonchev–Trinajstić information content (AvgIpc) is 2.70. The van der Waals surface area contributed by atoms with Crippen LogP contribution in [0.5, 0.6) is 0 Å². The molecule has 6 heteroatoms. The van der Waals surface area contributed by atoms with Crippen molar-refractivity contribution in [2.45, 2.75) is 43.7 Å². The predicted octanol–water partition coefficient (Wildman–Crippen LogP) is 2.05. The van der Waals surface area contributed by atoms with E-state index < -0.39 is 0 Å². The number of hydrogen-bond donors (Lipinski definition) is 2. The smallest absolute Gasteiger partial charge is 0.317 e. The van der Waals surface area contributed by atoms with Gasteiger partial charge in [-0.1, -0.05) is 37.3 Å². The number of aliphatic hydroxyl groups is 1. The molecule has 4 rings (SSSR count). The molecule has 3 fully saturated rings. The summed E-state index contributed by atoms with van der Waals surface area (Å²) in [5.41, 5.74) is 1.23. The number of hydrogen-bond acceptors (Lipinski definition) is 4. The average molecular weight is 388 g/mol. The summed E-state index contributed by atoms with van der Waals surface area (Å²) in [6, 6.07) is 10.7. The molecule has 1 spiro atoms. The minimum atomic E-state index is -0.0450. The van der Waals surface area contributed by atoms with Gasteiger partial charge in [-0.2, -0.15) is 0 Å². The van der Waals surface area contributed by atoms with Crippen molar-refractivity contribution in [2.75, 3.05) is 46.0 Å². The van der Waals surface area contributed by atoms with Crippen LogP contribution in [0.25, 0.3) is 0 Å². The molecule has 3 aliphatic heterocycles. The monoisotopic (exact) mass is 387 g/mol. The van der Waals surface area contributed by atoms with Gasteiger partial charge in [-0.05, 0) is 30.7 Å². The van der Waals surface area contributed by atoms with Crippen LogP contribution in [0.3, 0.4) is 0 Å². The molecule has 1 aromatic carbocycles. The number of rotatable bonds is 6. The summed E-state index contributed by atoms with van der Waals surface area (Å²) in [5, 5.41) is 13.2. The van der Waals surface area contributed by atoms with Gasteiger partial charge < -0.3 is 20.1 Å². The number of benzene rings is 1. The maximum atomic E-state index is 12.4. The number of amides is 2. The Labute approximate surface area is 167 Å². The first-order valence-electron chi connectivity index (χ1n) is 10.7. The molecular weight excluding hydrogens is 354 g/mol. The van der Waals surface area contributed by atoms with Crippen LogP contribution >= 0.6 is 0 Å². The van der Waals surface area contributed by atoms with Crippen LogP contribution in [0.4, 0.5) is 4.79 Å². The lowest BCUT2D eigenvalue weighted by atomic mass is 9.60. The number of carbonyl (C=O) groups is 1. The topological polar surface area (TPSA) is 65.0 Å². The lowest BCUT2D eigenvalue weighted by molar-refractivity contribution is -0.185. The summed E-state index contributed by atoms with van der Waals surface area (Å²) in [6.07, 6.45) is 3.11. The second-order valence-electron chi connectivity index (χ2n) is 8.54. The summed E-state index contributed by atoms with van der Waals surface area (Å²) >= 11 is 0. The van der Waals surface area contributed by atoms with E-state index >= 15 is 0 Å². The quantitative estimate of drug-likeness (QED) is 0.784. The van der Waals surface area contributed by atoms with Crippen molar-refractivity contribution in [1.82, 2.24) is 15.1 Å². The standard InChI is InChI=1S/C22H33N3O3/c1-2-10-23-21(27)24-15-22(16-24)20(18-6-4-3-5-7-18)19(14-26)25(22)13-17-8-11-28-12-9-17/h3-7,17,19-20,26H,2,8-16H2,1H3,(H,23,27)/t19-,20-/m0/s1. The van der Waals surface area contributed by atoms with Crippen LogP contribution < -0.4 is 5.32 Å². The number of aliphatic hydroxyl groups excluding tert-OH is 1. The van der Waals surface area contributed by atoms with Gasteiger partial charge in [-0.3, -0.25) is 4.90 Å². The van der Waals surface area contributed by atoms with Gasteiger partial charge in [0.15, 0.2) is 0 Å². The Morgan fingerprint density at radius 2 is 1.96 bits per heavy atom. The van der Waals surface area contributed by atoms with Crippen LogP contribution in [0.1, 0.15) is 37.7 Å². The molecule has 0 aromatic heterocycles. The van der Waals surface area contributed by atoms with Crippen LogP contribution in [-0.2, 0) is 4.74 Å². The van der Waals surface area contributed by atoms with E-state index in [1.807, 2.05) is 11.0 Å². The van der Waals surface area contributed by atoms with Gasteiger partial charge in [-0.15, -0.1) is 0 Å². The number of nitrogens with zero attached hydrogens (tertiary/aromatic N) is 2. The highest BCUT2D eigenvalue weighted by molar-refractivity contribution is 5.76. The fraction of sp³-hybridized carbons (Fsp3) is 0.682. The van der Waals surface area contributed by atoms with Gasteiger partial charge in [-0.25, -0.2) is 4.79 Å². The maximum Gasteiger partial charge on any atom is 0.317 e. The molecule has 6 nitrogen and oxygen atoms in total. The largest absolute Gasteiger partial charge is 0.395 e. The van der Waals surface area contributed by atoms with E-state index in [0.29, 0.717) is 5.92 Å². The zero-order chi connectivity index (χ0) is 19.6. The minimum Gasteiger partial charge on any atom is -0.395 e. The Balaban J connectivity index is 1.52. The fourth-order valence-electron chi connectivity index (χ4n) is 5.37. The van der Waals surface area contributed by atoms with Gasteiger partial charge in [0.1, 0.15) is 0 Å². The van der Waals surface area contributed by atoms with Crippen LogP contribution in [0.15, 0.2) is 30.3 Å². The molecule has 3 saturated heterocycles. The van der Waals surface area contributed by atoms with Gasteiger partial charge in [0.2, 0.25) is 0 Å². The normalized spacial score (nSPS) is 27.3. The van der Waals surface area contributed by atoms with Crippen molar-refractivity contribution in [1.29, 1.82) is 0 Å². The van der Waals surface area contributed by atoms with Crippen LogP contribution in [0, 0.1) is 5.92 Å². The maximum absolute atomic E-state index is 12.4. The van der Waals surface area contributed by atoms with Gasteiger partial charge in [0.05, 0.1) is 12.1 Å². The summed E-state index contributed by atoms with van der Waals surface area (Å²) in [5.74, 6) is 0.883. The van der Waals surface area contributed by atoms with Gasteiger partial charge in [0, 0.05) is 51.4 Å². The first kappa shape index (κ1) is 19.7.